The van der Waals surface area contributed by atoms with Crippen LogP contribution in [-0.2, 0) is 28.2 Å². The van der Waals surface area contributed by atoms with E-state index in [-0.39, 0.29) is 41.1 Å². The van der Waals surface area contributed by atoms with Crippen LogP contribution in [0.15, 0.2) is 120 Å². The summed E-state index contributed by atoms with van der Waals surface area (Å²) in [5, 5.41) is 3.01. The zero-order valence-electron chi connectivity index (χ0n) is 30.4. The standard InChI is InChI=1S/C32H41.C13H10.2ClH.Zr/c1-20(2)26-19-24(30(5,6)7)17-23-18-27-25(28(23)26)15-16-32(21(3)4,31(8,9)10)29(27)22-13-11-12-14-22;1-3-7-12(8-4-1)11-13-9-5-2-6-10-13;;;/h11-13,15-17,19-21H,14H2,1-10H3;1-10H;2*1H;/q;;;;+2/p-2. The summed E-state index contributed by atoms with van der Waals surface area (Å²) in [5.74, 6) is 0.885. The van der Waals surface area contributed by atoms with Crippen molar-refractivity contribution in [2.24, 2.45) is 16.7 Å². The van der Waals surface area contributed by atoms with Crippen molar-refractivity contribution in [1.29, 1.82) is 0 Å². The Labute approximate surface area is 313 Å². The molecule has 0 heterocycles. The number of hydrogen-bond acceptors (Lipinski definition) is 0. The van der Waals surface area contributed by atoms with E-state index in [1.54, 1.807) is 17.6 Å². The van der Waals surface area contributed by atoms with Gasteiger partial charge in [-0.2, -0.15) is 0 Å². The molecule has 3 aromatic carbocycles. The van der Waals surface area contributed by atoms with Crippen molar-refractivity contribution in [3.8, 4) is 0 Å². The number of halogens is 2. The second kappa shape index (κ2) is 14.5. The first-order valence-corrected chi connectivity index (χ1v) is 19.7. The first kappa shape index (κ1) is 38.5. The maximum atomic E-state index is 2.63. The van der Waals surface area contributed by atoms with Crippen molar-refractivity contribution in [3.63, 3.8) is 0 Å². The Morgan fingerprint density at radius 2 is 1.38 bits per heavy atom. The predicted octanol–water partition coefficient (Wildman–Crippen LogP) is 4.18. The van der Waals surface area contributed by atoms with Crippen LogP contribution in [0.3, 0.4) is 0 Å². The molecule has 3 aliphatic rings. The van der Waals surface area contributed by atoms with Crippen LogP contribution < -0.4 is 35.3 Å². The van der Waals surface area contributed by atoms with Crippen molar-refractivity contribution < 1.29 is 47.6 Å². The van der Waals surface area contributed by atoms with Gasteiger partial charge in [0.05, 0.1) is 0 Å². The van der Waals surface area contributed by atoms with Gasteiger partial charge in [0.1, 0.15) is 0 Å². The molecule has 0 amide bonds. The van der Waals surface area contributed by atoms with Gasteiger partial charge in [0.15, 0.2) is 0 Å². The molecule has 0 fully saturated rings. The summed E-state index contributed by atoms with van der Waals surface area (Å²) in [6.07, 6.45) is 13.3. The van der Waals surface area contributed by atoms with E-state index in [1.807, 2.05) is 0 Å². The molecule has 48 heavy (non-hydrogen) atoms. The molecule has 1 atom stereocenters. The Bertz CT molecular complexity index is 1910. The topological polar surface area (TPSA) is 0 Å². The number of rotatable bonds is 6. The Balaban J connectivity index is 0.00000260. The molecule has 0 aromatic heterocycles. The summed E-state index contributed by atoms with van der Waals surface area (Å²) in [4.78, 5) is 0. The van der Waals surface area contributed by atoms with Crippen molar-refractivity contribution in [1.82, 2.24) is 0 Å². The van der Waals surface area contributed by atoms with E-state index in [0.29, 0.717) is 11.8 Å². The maximum absolute atomic E-state index is 2.63. The van der Waals surface area contributed by atoms with Crippen molar-refractivity contribution in [2.45, 2.75) is 87.0 Å². The zero-order valence-corrected chi connectivity index (χ0v) is 34.4. The zero-order chi connectivity index (χ0) is 33.0. The molecule has 0 N–H and O–H groups in total. The van der Waals surface area contributed by atoms with Gasteiger partial charge in [-0.25, -0.2) is 0 Å². The second-order valence-electron chi connectivity index (χ2n) is 16.1. The van der Waals surface area contributed by atoms with Crippen molar-refractivity contribution in [3.05, 3.63) is 153 Å². The van der Waals surface area contributed by atoms with Crippen LogP contribution in [0, 0.1) is 16.7 Å². The first-order valence-electron chi connectivity index (χ1n) is 17.2. The Kier molecular flexibility index (Phi) is 11.6. The van der Waals surface area contributed by atoms with Gasteiger partial charge in [-0.05, 0) is 0 Å². The molecule has 0 bridgehead atoms. The van der Waals surface area contributed by atoms with Gasteiger partial charge in [0, 0.05) is 0 Å². The average Bonchev–Trinajstić information content (AvgIpc) is 3.65. The fraction of sp³-hybridized carbons (Fsp3) is 0.356. The van der Waals surface area contributed by atoms with E-state index < -0.39 is 22.8 Å². The van der Waals surface area contributed by atoms with Gasteiger partial charge in [-0.15, -0.1) is 0 Å². The van der Waals surface area contributed by atoms with Gasteiger partial charge >= 0.3 is 291 Å². The van der Waals surface area contributed by atoms with E-state index >= 15 is 0 Å². The fourth-order valence-electron chi connectivity index (χ4n) is 8.18. The third-order valence-electron chi connectivity index (χ3n) is 10.5. The molecule has 0 aliphatic heterocycles. The quantitative estimate of drug-likeness (QED) is 0.355. The summed E-state index contributed by atoms with van der Waals surface area (Å²) >= 11 is -1.39. The van der Waals surface area contributed by atoms with Crippen LogP contribution in [0.4, 0.5) is 0 Å². The first-order chi connectivity index (χ1) is 21.8. The second-order valence-corrected chi connectivity index (χ2v) is 19.2. The fourth-order valence-corrected chi connectivity index (χ4v) is 12.1. The SMILES string of the molecule is CC(C)c1cc(C(C)(C)C)cc2c1=C1C=CC(C(C)C)(C(C)(C)C)C(C3=CC=CC3)=C1[C]=2[Zr+2]=[C](c1ccccc1)c1ccccc1.[Cl-].[Cl-]. The number of fused-ring (bicyclic) bond motifs is 2. The van der Waals surface area contributed by atoms with Gasteiger partial charge in [-0.1, -0.05) is 0 Å². The van der Waals surface area contributed by atoms with Crippen molar-refractivity contribution in [2.75, 3.05) is 0 Å². The molecule has 3 heteroatoms. The number of allylic oxidation sites excluding steroid dienone is 8. The molecule has 0 spiro atoms. The Morgan fingerprint density at radius 3 is 1.83 bits per heavy atom. The minimum Gasteiger partial charge on any atom is -1.00 e. The monoisotopic (exact) mass is 751 g/mol. The summed E-state index contributed by atoms with van der Waals surface area (Å²) < 4.78 is 3.22. The molecule has 0 saturated heterocycles. The molecular weight excluding hydrogens is 703 g/mol. The van der Waals surface area contributed by atoms with Crippen LogP contribution >= 0.6 is 0 Å². The van der Waals surface area contributed by atoms with Gasteiger partial charge in [0.25, 0.3) is 0 Å². The third kappa shape index (κ3) is 6.62. The summed E-state index contributed by atoms with van der Waals surface area (Å²) in [5.41, 5.74) is 11.9. The predicted molar refractivity (Wildman–Crippen MR) is 196 cm³/mol. The summed E-state index contributed by atoms with van der Waals surface area (Å²) in [6.45, 7) is 24.2. The average molecular weight is 754 g/mol. The van der Waals surface area contributed by atoms with E-state index in [9.17, 15) is 0 Å². The molecular formula is C45H51Cl2Zr. The molecule has 1 unspecified atom stereocenters. The number of benzene rings is 3. The Hall–Kier alpha value is -2.31. The molecule has 0 radical (unpaired) electrons. The maximum Gasteiger partial charge on any atom is -1.00 e. The minimum absolute atomic E-state index is 0. The molecule has 0 nitrogen and oxygen atoms in total. The van der Waals surface area contributed by atoms with Gasteiger partial charge < -0.3 is 24.8 Å². The minimum atomic E-state index is -1.39. The van der Waals surface area contributed by atoms with Crippen LogP contribution in [0.1, 0.15) is 104 Å². The van der Waals surface area contributed by atoms with Crippen LogP contribution in [-0.4, -0.2) is 3.21 Å². The smallest absolute Gasteiger partial charge is 1.00 e. The normalized spacial score (nSPS) is 18.4. The molecule has 0 saturated carbocycles. The summed E-state index contributed by atoms with van der Waals surface area (Å²) in [6, 6.07) is 27.6. The van der Waals surface area contributed by atoms with E-state index in [2.05, 4.69) is 172 Å². The van der Waals surface area contributed by atoms with Crippen LogP contribution in [0.2, 0.25) is 0 Å². The largest absolute Gasteiger partial charge is 1.00 e. The van der Waals surface area contributed by atoms with Gasteiger partial charge in [-0.3, -0.25) is 0 Å². The molecule has 249 valence electrons. The van der Waals surface area contributed by atoms with Gasteiger partial charge in [0.2, 0.25) is 0 Å². The molecule has 6 rings (SSSR count). The van der Waals surface area contributed by atoms with E-state index in [4.69, 9.17) is 0 Å². The molecule has 3 aliphatic carbocycles. The Morgan fingerprint density at radius 1 is 0.792 bits per heavy atom. The van der Waals surface area contributed by atoms with E-state index in [0.717, 1.165) is 6.42 Å². The van der Waals surface area contributed by atoms with Crippen LogP contribution in [0.25, 0.3) is 8.85 Å². The third-order valence-corrected chi connectivity index (χ3v) is 14.4. The molecule has 3 aromatic rings. The van der Waals surface area contributed by atoms with E-state index in [1.165, 1.54) is 43.8 Å². The van der Waals surface area contributed by atoms with Crippen molar-refractivity contribution >= 4 is 12.1 Å². The van der Waals surface area contributed by atoms with Crippen LogP contribution in [0.5, 0.6) is 0 Å². The summed E-state index contributed by atoms with van der Waals surface area (Å²) in [7, 11) is 0. The number of hydrogen-bond donors (Lipinski definition) is 0.